The van der Waals surface area contributed by atoms with Gasteiger partial charge in [-0.2, -0.15) is 0 Å². The lowest BCUT2D eigenvalue weighted by molar-refractivity contribution is -0.150. The fourth-order valence-corrected chi connectivity index (χ4v) is 1.70. The van der Waals surface area contributed by atoms with E-state index in [0.717, 1.165) is 6.54 Å². The molecule has 94 valence electrons. The molecule has 1 aliphatic rings. The summed E-state index contributed by atoms with van der Waals surface area (Å²) >= 11 is 0. The quantitative estimate of drug-likeness (QED) is 0.777. The molecule has 0 amide bonds. The predicted molar refractivity (Wildman–Crippen MR) is 59.4 cm³/mol. The van der Waals surface area contributed by atoms with Crippen LogP contribution in [0.15, 0.2) is 6.20 Å². The van der Waals surface area contributed by atoms with Gasteiger partial charge < -0.3 is 10.2 Å². The third kappa shape index (κ3) is 2.46. The highest BCUT2D eigenvalue weighted by Crippen LogP contribution is 2.31. The van der Waals surface area contributed by atoms with E-state index < -0.39 is 17.5 Å². The van der Waals surface area contributed by atoms with Crippen molar-refractivity contribution in [2.75, 3.05) is 0 Å². The summed E-state index contributed by atoms with van der Waals surface area (Å²) in [6, 6.07) is 0. The number of aliphatic hydroxyl groups excluding tert-OH is 1. The number of aliphatic carboxylic acids is 1. The molecular weight excluding hydrogens is 222 g/mol. The van der Waals surface area contributed by atoms with E-state index in [4.69, 9.17) is 5.11 Å². The number of carboxylic acids is 1. The predicted octanol–water partition coefficient (Wildman–Crippen LogP) is 0.411. The Kier molecular flexibility index (Phi) is 2.91. The first kappa shape index (κ1) is 12.0. The summed E-state index contributed by atoms with van der Waals surface area (Å²) in [5.74, 6) is -0.566. The van der Waals surface area contributed by atoms with E-state index in [9.17, 15) is 9.90 Å². The largest absolute Gasteiger partial charge is 0.479 e. The van der Waals surface area contributed by atoms with E-state index in [2.05, 4.69) is 10.3 Å². The Hall–Kier alpha value is -1.43. The number of hydrogen-bond acceptors (Lipinski definition) is 4. The first-order chi connectivity index (χ1) is 7.91. The SMILES string of the molecule is CC(C)(c1cn(CC2CC2)nn1)C(O)C(=O)O. The molecule has 1 aromatic heterocycles. The van der Waals surface area contributed by atoms with Gasteiger partial charge in [-0.25, -0.2) is 4.79 Å². The van der Waals surface area contributed by atoms with Crippen molar-refractivity contribution < 1.29 is 15.0 Å². The molecule has 0 radical (unpaired) electrons. The Balaban J connectivity index is 2.14. The first-order valence-electron chi connectivity index (χ1n) is 5.72. The molecule has 1 fully saturated rings. The van der Waals surface area contributed by atoms with Crippen LogP contribution >= 0.6 is 0 Å². The van der Waals surface area contributed by atoms with Gasteiger partial charge in [0.2, 0.25) is 0 Å². The average molecular weight is 239 g/mol. The number of carbonyl (C=O) groups is 1. The minimum Gasteiger partial charge on any atom is -0.479 e. The topological polar surface area (TPSA) is 88.2 Å². The van der Waals surface area contributed by atoms with Gasteiger partial charge in [0, 0.05) is 18.2 Å². The number of nitrogens with zero attached hydrogens (tertiary/aromatic N) is 3. The molecular formula is C11H17N3O3. The number of rotatable bonds is 5. The van der Waals surface area contributed by atoms with Crippen molar-refractivity contribution in [3.05, 3.63) is 11.9 Å². The maximum absolute atomic E-state index is 10.8. The highest BCUT2D eigenvalue weighted by Gasteiger charge is 2.37. The highest BCUT2D eigenvalue weighted by molar-refractivity contribution is 5.74. The summed E-state index contributed by atoms with van der Waals surface area (Å²) in [7, 11) is 0. The van der Waals surface area contributed by atoms with Gasteiger partial charge in [-0.3, -0.25) is 4.68 Å². The number of aliphatic hydroxyl groups is 1. The van der Waals surface area contributed by atoms with E-state index in [1.165, 1.54) is 12.8 Å². The molecule has 0 spiro atoms. The average Bonchev–Trinajstić information content (AvgIpc) is 2.92. The van der Waals surface area contributed by atoms with Crippen LogP contribution in [-0.2, 0) is 16.8 Å². The van der Waals surface area contributed by atoms with Gasteiger partial charge in [0.25, 0.3) is 0 Å². The molecule has 1 aromatic rings. The molecule has 6 heteroatoms. The van der Waals surface area contributed by atoms with E-state index in [1.807, 2.05) is 0 Å². The zero-order valence-corrected chi connectivity index (χ0v) is 10.00. The first-order valence-corrected chi connectivity index (χ1v) is 5.72. The molecule has 0 bridgehead atoms. The molecule has 0 aromatic carbocycles. The summed E-state index contributed by atoms with van der Waals surface area (Å²) in [5.41, 5.74) is -0.429. The molecule has 1 saturated carbocycles. The van der Waals surface area contributed by atoms with Crippen LogP contribution in [0.25, 0.3) is 0 Å². The van der Waals surface area contributed by atoms with Gasteiger partial charge in [-0.1, -0.05) is 19.1 Å². The van der Waals surface area contributed by atoms with E-state index in [1.54, 1.807) is 24.7 Å². The van der Waals surface area contributed by atoms with E-state index in [0.29, 0.717) is 11.6 Å². The zero-order chi connectivity index (χ0) is 12.6. The van der Waals surface area contributed by atoms with Crippen molar-refractivity contribution >= 4 is 5.97 Å². The van der Waals surface area contributed by atoms with E-state index in [-0.39, 0.29) is 0 Å². The number of hydrogen-bond donors (Lipinski definition) is 2. The lowest BCUT2D eigenvalue weighted by Crippen LogP contribution is -2.40. The molecule has 2 rings (SSSR count). The number of carboxylic acid groups (broad SMARTS) is 1. The van der Waals surface area contributed by atoms with Crippen molar-refractivity contribution in [1.29, 1.82) is 0 Å². The van der Waals surface area contributed by atoms with Crippen LogP contribution in [0.5, 0.6) is 0 Å². The van der Waals surface area contributed by atoms with Crippen molar-refractivity contribution in [1.82, 2.24) is 15.0 Å². The Labute approximate surface area is 99.3 Å². The minimum absolute atomic E-state index is 0.507. The third-order valence-electron chi connectivity index (χ3n) is 3.26. The zero-order valence-electron chi connectivity index (χ0n) is 10.00. The van der Waals surface area contributed by atoms with Crippen molar-refractivity contribution in [3.8, 4) is 0 Å². The summed E-state index contributed by atoms with van der Waals surface area (Å²) < 4.78 is 1.73. The summed E-state index contributed by atoms with van der Waals surface area (Å²) in [4.78, 5) is 10.8. The Bertz CT molecular complexity index is 423. The summed E-state index contributed by atoms with van der Waals surface area (Å²) in [6.07, 6.45) is 2.69. The lowest BCUT2D eigenvalue weighted by atomic mass is 9.83. The van der Waals surface area contributed by atoms with Gasteiger partial charge in [0.05, 0.1) is 5.69 Å². The molecule has 0 saturated heterocycles. The van der Waals surface area contributed by atoms with Crippen LogP contribution in [0.2, 0.25) is 0 Å². The highest BCUT2D eigenvalue weighted by atomic mass is 16.4. The van der Waals surface area contributed by atoms with Crippen LogP contribution in [-0.4, -0.2) is 37.3 Å². The van der Waals surface area contributed by atoms with Crippen molar-refractivity contribution in [2.24, 2.45) is 5.92 Å². The van der Waals surface area contributed by atoms with Crippen molar-refractivity contribution in [3.63, 3.8) is 0 Å². The standard InChI is InChI=1S/C11H17N3O3/c1-11(2,9(15)10(16)17)8-6-14(13-12-8)5-7-3-4-7/h6-7,9,15H,3-5H2,1-2H3,(H,16,17). The molecule has 6 nitrogen and oxygen atoms in total. The van der Waals surface area contributed by atoms with Gasteiger partial charge in [-0.05, 0) is 18.8 Å². The maximum Gasteiger partial charge on any atom is 0.333 e. The van der Waals surface area contributed by atoms with Crippen LogP contribution in [0.3, 0.4) is 0 Å². The smallest absolute Gasteiger partial charge is 0.333 e. The Morgan fingerprint density at radius 3 is 2.82 bits per heavy atom. The number of aromatic nitrogens is 3. The van der Waals surface area contributed by atoms with Gasteiger partial charge in [-0.15, -0.1) is 5.10 Å². The van der Waals surface area contributed by atoms with Crippen LogP contribution in [0, 0.1) is 5.92 Å². The third-order valence-corrected chi connectivity index (χ3v) is 3.26. The molecule has 1 aliphatic carbocycles. The molecule has 0 aliphatic heterocycles. The lowest BCUT2D eigenvalue weighted by Gasteiger charge is -2.24. The van der Waals surface area contributed by atoms with Crippen molar-refractivity contribution in [2.45, 2.75) is 44.8 Å². The van der Waals surface area contributed by atoms with E-state index >= 15 is 0 Å². The van der Waals surface area contributed by atoms with Crippen LogP contribution in [0.1, 0.15) is 32.4 Å². The van der Waals surface area contributed by atoms with Crippen LogP contribution < -0.4 is 0 Å². The summed E-state index contributed by atoms with van der Waals surface area (Å²) in [6.45, 7) is 4.13. The minimum atomic E-state index is -1.48. The second-order valence-corrected chi connectivity index (χ2v) is 5.23. The second-order valence-electron chi connectivity index (χ2n) is 5.23. The summed E-state index contributed by atoms with van der Waals surface area (Å²) in [5, 5.41) is 26.4. The maximum atomic E-state index is 10.8. The molecule has 17 heavy (non-hydrogen) atoms. The van der Waals surface area contributed by atoms with Gasteiger partial charge >= 0.3 is 5.97 Å². The fraction of sp³-hybridized carbons (Fsp3) is 0.727. The Morgan fingerprint density at radius 2 is 2.29 bits per heavy atom. The normalized spacial score (nSPS) is 18.1. The van der Waals surface area contributed by atoms with Crippen LogP contribution in [0.4, 0.5) is 0 Å². The molecule has 1 unspecified atom stereocenters. The van der Waals surface area contributed by atoms with Gasteiger partial charge in [0.15, 0.2) is 6.10 Å². The second kappa shape index (κ2) is 4.10. The monoisotopic (exact) mass is 239 g/mol. The molecule has 1 heterocycles. The Morgan fingerprint density at radius 1 is 1.65 bits per heavy atom. The molecule has 1 atom stereocenters. The van der Waals surface area contributed by atoms with Gasteiger partial charge in [0.1, 0.15) is 0 Å². The fourth-order valence-electron chi connectivity index (χ4n) is 1.70. The molecule has 2 N–H and O–H groups in total.